The number of hydrogen-bond donors (Lipinski definition) is 3. The van der Waals surface area contributed by atoms with Crippen LogP contribution in [0.1, 0.15) is 39.8 Å². The minimum Gasteiger partial charge on any atom is -0.481 e. The molecule has 142 valence electrons. The lowest BCUT2D eigenvalue weighted by Crippen LogP contribution is -2.27. The van der Waals surface area contributed by atoms with E-state index in [0.29, 0.717) is 0 Å². The van der Waals surface area contributed by atoms with E-state index in [4.69, 9.17) is 5.11 Å². The van der Waals surface area contributed by atoms with Gasteiger partial charge in [0.15, 0.2) is 0 Å². The van der Waals surface area contributed by atoms with E-state index >= 15 is 0 Å². The van der Waals surface area contributed by atoms with Gasteiger partial charge in [0, 0.05) is 18.8 Å². The van der Waals surface area contributed by atoms with Crippen LogP contribution in [0.25, 0.3) is 17.1 Å². The van der Waals surface area contributed by atoms with E-state index in [1.165, 1.54) is 49.7 Å². The fourth-order valence-corrected chi connectivity index (χ4v) is 2.64. The van der Waals surface area contributed by atoms with Crippen molar-refractivity contribution in [3.05, 3.63) is 53.4 Å². The SMILES string of the molecule is CC1(C(=O)O)C=C(c2cc(C(=O)O)cc(-c3cc(C(=O)O)ccn3)n2)N=CC1. The molecule has 28 heavy (non-hydrogen) atoms. The maximum atomic E-state index is 11.5. The van der Waals surface area contributed by atoms with Gasteiger partial charge in [0.05, 0.1) is 39.3 Å². The van der Waals surface area contributed by atoms with E-state index in [9.17, 15) is 24.6 Å². The Hall–Kier alpha value is -3.88. The number of aliphatic carboxylic acids is 1. The number of hydrogen-bond acceptors (Lipinski definition) is 6. The third-order valence-electron chi connectivity index (χ3n) is 4.29. The summed E-state index contributed by atoms with van der Waals surface area (Å²) in [5.74, 6) is -3.42. The van der Waals surface area contributed by atoms with Crippen LogP contribution < -0.4 is 0 Å². The Kier molecular flexibility index (Phi) is 4.74. The largest absolute Gasteiger partial charge is 0.481 e. The van der Waals surface area contributed by atoms with E-state index < -0.39 is 23.3 Å². The van der Waals surface area contributed by atoms with Gasteiger partial charge in [-0.2, -0.15) is 0 Å². The molecule has 2 aromatic rings. The zero-order valence-corrected chi connectivity index (χ0v) is 14.7. The number of nitrogens with zero attached hydrogens (tertiary/aromatic N) is 3. The van der Waals surface area contributed by atoms with E-state index in [1.807, 2.05) is 0 Å². The predicted molar refractivity (Wildman–Crippen MR) is 98.2 cm³/mol. The summed E-state index contributed by atoms with van der Waals surface area (Å²) in [4.78, 5) is 46.8. The molecule has 3 rings (SSSR count). The molecule has 1 aliphatic heterocycles. The second kappa shape index (κ2) is 7.03. The first-order valence-electron chi connectivity index (χ1n) is 8.14. The molecular formula is C19H15N3O6. The standard InChI is InChI=1S/C19H15N3O6/c1-19(18(27)28)3-5-21-15(9-19)14-8-11(17(25)26)7-13(22-14)12-6-10(16(23)24)2-4-20-12/h2,4-9H,3H2,1H3,(H,23,24)(H,25,26)(H,27,28). The van der Waals surface area contributed by atoms with Crippen molar-refractivity contribution >= 4 is 29.8 Å². The zero-order valence-electron chi connectivity index (χ0n) is 14.7. The number of rotatable bonds is 5. The molecule has 0 radical (unpaired) electrons. The number of carbonyl (C=O) groups is 3. The Morgan fingerprint density at radius 2 is 1.61 bits per heavy atom. The molecular weight excluding hydrogens is 366 g/mol. The molecule has 3 N–H and O–H groups in total. The van der Waals surface area contributed by atoms with Gasteiger partial charge in [0.1, 0.15) is 0 Å². The fourth-order valence-electron chi connectivity index (χ4n) is 2.64. The molecule has 1 unspecified atom stereocenters. The molecule has 9 heteroatoms. The highest BCUT2D eigenvalue weighted by Gasteiger charge is 2.33. The average molecular weight is 381 g/mol. The maximum Gasteiger partial charge on any atom is 0.335 e. The Balaban J connectivity index is 2.16. The maximum absolute atomic E-state index is 11.5. The third-order valence-corrected chi connectivity index (χ3v) is 4.29. The summed E-state index contributed by atoms with van der Waals surface area (Å²) in [7, 11) is 0. The lowest BCUT2D eigenvalue weighted by atomic mass is 9.84. The molecule has 1 aliphatic rings. The highest BCUT2D eigenvalue weighted by atomic mass is 16.4. The van der Waals surface area contributed by atoms with Crippen molar-refractivity contribution in [2.75, 3.05) is 0 Å². The number of carboxylic acids is 3. The van der Waals surface area contributed by atoms with Gasteiger partial charge in [-0.15, -0.1) is 0 Å². The van der Waals surface area contributed by atoms with Crippen molar-refractivity contribution in [3.63, 3.8) is 0 Å². The molecule has 0 fully saturated rings. The smallest absolute Gasteiger partial charge is 0.335 e. The second-order valence-electron chi connectivity index (χ2n) is 6.43. The van der Waals surface area contributed by atoms with Gasteiger partial charge in [-0.3, -0.25) is 14.8 Å². The molecule has 0 spiro atoms. The van der Waals surface area contributed by atoms with Crippen LogP contribution in [-0.2, 0) is 4.79 Å². The summed E-state index contributed by atoms with van der Waals surface area (Å²) < 4.78 is 0. The molecule has 9 nitrogen and oxygen atoms in total. The van der Waals surface area contributed by atoms with Gasteiger partial charge in [-0.25, -0.2) is 14.6 Å². The van der Waals surface area contributed by atoms with Crippen LogP contribution in [0, 0.1) is 5.41 Å². The minimum absolute atomic E-state index is 0.0255. The molecule has 0 amide bonds. The summed E-state index contributed by atoms with van der Waals surface area (Å²) in [6, 6.07) is 5.13. The Labute approximate surface area is 158 Å². The number of carboxylic acid groups (broad SMARTS) is 3. The number of pyridine rings is 2. The molecule has 0 saturated carbocycles. The Morgan fingerprint density at radius 1 is 0.964 bits per heavy atom. The van der Waals surface area contributed by atoms with E-state index in [1.54, 1.807) is 0 Å². The first-order chi connectivity index (χ1) is 13.2. The summed E-state index contributed by atoms with van der Waals surface area (Å²) in [5, 5.41) is 28.0. The summed E-state index contributed by atoms with van der Waals surface area (Å²) in [5.41, 5.74) is -0.652. The summed E-state index contributed by atoms with van der Waals surface area (Å²) in [6.45, 7) is 1.53. The van der Waals surface area contributed by atoms with Crippen LogP contribution in [-0.4, -0.2) is 49.4 Å². The van der Waals surface area contributed by atoms with Gasteiger partial charge in [-0.1, -0.05) is 0 Å². The van der Waals surface area contributed by atoms with Crippen LogP contribution in [0.5, 0.6) is 0 Å². The highest BCUT2D eigenvalue weighted by molar-refractivity contribution is 5.93. The van der Waals surface area contributed by atoms with Crippen molar-refractivity contribution in [3.8, 4) is 11.4 Å². The first kappa shape index (κ1) is 18.9. The minimum atomic E-state index is -1.22. The number of aromatic nitrogens is 2. The monoisotopic (exact) mass is 381 g/mol. The number of aromatic carboxylic acids is 2. The third kappa shape index (κ3) is 3.63. The predicted octanol–water partition coefficient (Wildman–Crippen LogP) is 2.45. The van der Waals surface area contributed by atoms with E-state index in [-0.39, 0.29) is 40.3 Å². The molecule has 3 heterocycles. The van der Waals surface area contributed by atoms with Crippen LogP contribution in [0.2, 0.25) is 0 Å². The normalized spacial score (nSPS) is 18.4. The quantitative estimate of drug-likeness (QED) is 0.714. The van der Waals surface area contributed by atoms with Gasteiger partial charge in [-0.05, 0) is 37.3 Å². The highest BCUT2D eigenvalue weighted by Crippen LogP contribution is 2.32. The van der Waals surface area contributed by atoms with Crippen molar-refractivity contribution < 1.29 is 29.7 Å². The van der Waals surface area contributed by atoms with Gasteiger partial charge in [0.2, 0.25) is 0 Å². The van der Waals surface area contributed by atoms with E-state index in [0.717, 1.165) is 0 Å². The second-order valence-corrected chi connectivity index (χ2v) is 6.43. The first-order valence-corrected chi connectivity index (χ1v) is 8.14. The zero-order chi connectivity index (χ0) is 20.5. The lowest BCUT2D eigenvalue weighted by Gasteiger charge is -2.22. The van der Waals surface area contributed by atoms with Crippen LogP contribution in [0.4, 0.5) is 0 Å². The van der Waals surface area contributed by atoms with Crippen molar-refractivity contribution in [1.29, 1.82) is 0 Å². The lowest BCUT2D eigenvalue weighted by molar-refractivity contribution is -0.144. The van der Waals surface area contributed by atoms with Crippen LogP contribution in [0.3, 0.4) is 0 Å². The summed E-state index contributed by atoms with van der Waals surface area (Å²) in [6.07, 6.45) is 4.35. The van der Waals surface area contributed by atoms with Gasteiger partial charge < -0.3 is 15.3 Å². The molecule has 0 aromatic carbocycles. The molecule has 0 aliphatic carbocycles. The van der Waals surface area contributed by atoms with Gasteiger partial charge >= 0.3 is 17.9 Å². The number of aliphatic imine (C=N–C) groups is 1. The van der Waals surface area contributed by atoms with Gasteiger partial charge in [0.25, 0.3) is 0 Å². The van der Waals surface area contributed by atoms with Crippen molar-refractivity contribution in [1.82, 2.24) is 9.97 Å². The van der Waals surface area contributed by atoms with Crippen molar-refractivity contribution in [2.45, 2.75) is 13.3 Å². The Morgan fingerprint density at radius 3 is 2.25 bits per heavy atom. The molecule has 2 aromatic heterocycles. The fraction of sp³-hybridized carbons (Fsp3) is 0.158. The molecule has 0 saturated heterocycles. The summed E-state index contributed by atoms with van der Waals surface area (Å²) >= 11 is 0. The molecule has 0 bridgehead atoms. The van der Waals surface area contributed by atoms with Crippen LogP contribution >= 0.6 is 0 Å². The molecule has 1 atom stereocenters. The topological polar surface area (TPSA) is 150 Å². The Bertz CT molecular complexity index is 1060. The average Bonchev–Trinajstić information content (AvgIpc) is 2.67. The van der Waals surface area contributed by atoms with E-state index in [2.05, 4.69) is 15.0 Å². The van der Waals surface area contributed by atoms with Crippen molar-refractivity contribution in [2.24, 2.45) is 10.4 Å². The van der Waals surface area contributed by atoms with Crippen LogP contribution in [0.15, 0.2) is 41.5 Å².